The van der Waals surface area contributed by atoms with Gasteiger partial charge in [-0.3, -0.25) is 0 Å². The maximum atomic E-state index is 11.2. The summed E-state index contributed by atoms with van der Waals surface area (Å²) in [5.41, 5.74) is 2.71. The van der Waals surface area contributed by atoms with Crippen LogP contribution in [0.5, 0.6) is 0 Å². The van der Waals surface area contributed by atoms with Crippen molar-refractivity contribution in [2.24, 2.45) is 5.10 Å². The molecule has 5 nitrogen and oxygen atoms in total. The summed E-state index contributed by atoms with van der Waals surface area (Å²) in [5, 5.41) is 3.96. The van der Waals surface area contributed by atoms with Gasteiger partial charge in [0.25, 0.3) is 0 Å². The topological polar surface area (TPSA) is 59.9 Å². The van der Waals surface area contributed by atoms with Crippen LogP contribution in [0.4, 0.5) is 4.79 Å². The number of carbonyl (C=O) groups is 1. The van der Waals surface area contributed by atoms with E-state index < -0.39 is 11.7 Å². The van der Waals surface area contributed by atoms with Crippen molar-refractivity contribution >= 4 is 11.8 Å². The second kappa shape index (κ2) is 4.61. The molecule has 86 valence electrons. The monoisotopic (exact) mass is 214 g/mol. The highest BCUT2D eigenvalue weighted by Crippen LogP contribution is 2.09. The minimum Gasteiger partial charge on any atom is -0.443 e. The normalized spacial score (nSPS) is 24.3. The molecule has 1 amide bonds. The number of ether oxygens (including phenoxy) is 2. The van der Waals surface area contributed by atoms with Gasteiger partial charge in [-0.05, 0) is 27.7 Å². The smallest absolute Gasteiger partial charge is 0.428 e. The second-order valence-corrected chi connectivity index (χ2v) is 4.48. The van der Waals surface area contributed by atoms with Gasteiger partial charge in [-0.25, -0.2) is 10.2 Å². The van der Waals surface area contributed by atoms with Crippen molar-refractivity contribution in [1.29, 1.82) is 0 Å². The molecule has 0 spiro atoms. The number of hydrazone groups is 1. The molecular formula is C10H18N2O3. The maximum absolute atomic E-state index is 11.2. The number of carbonyl (C=O) groups excluding carboxylic acids is 1. The summed E-state index contributed by atoms with van der Waals surface area (Å²) in [6, 6.07) is 0. The zero-order chi connectivity index (χ0) is 11.5. The largest absolute Gasteiger partial charge is 0.443 e. The van der Waals surface area contributed by atoms with Gasteiger partial charge in [0, 0.05) is 6.42 Å². The number of hydrogen-bond donors (Lipinski definition) is 1. The lowest BCUT2D eigenvalue weighted by Gasteiger charge is -2.18. The molecule has 1 N–H and O–H groups in total. The van der Waals surface area contributed by atoms with Gasteiger partial charge in [0.1, 0.15) is 5.60 Å². The maximum Gasteiger partial charge on any atom is 0.428 e. The fourth-order valence-electron chi connectivity index (χ4n) is 1.20. The predicted octanol–water partition coefficient (Wildman–Crippen LogP) is 1.68. The third kappa shape index (κ3) is 4.29. The number of hydrogen-bond acceptors (Lipinski definition) is 4. The van der Waals surface area contributed by atoms with Crippen molar-refractivity contribution < 1.29 is 14.3 Å². The molecule has 0 bridgehead atoms. The van der Waals surface area contributed by atoms with E-state index in [4.69, 9.17) is 9.47 Å². The average Bonchev–Trinajstić information content (AvgIpc) is 2.44. The van der Waals surface area contributed by atoms with Crippen molar-refractivity contribution in [3.05, 3.63) is 0 Å². The minimum absolute atomic E-state index is 0.0139. The van der Waals surface area contributed by atoms with Crippen LogP contribution in [0.3, 0.4) is 0 Å². The van der Waals surface area contributed by atoms with Crippen molar-refractivity contribution in [3.8, 4) is 0 Å². The van der Waals surface area contributed by atoms with Gasteiger partial charge in [0.15, 0.2) is 0 Å². The third-order valence-corrected chi connectivity index (χ3v) is 1.88. The number of rotatable bonds is 1. The highest BCUT2D eigenvalue weighted by Gasteiger charge is 2.20. The van der Waals surface area contributed by atoms with Crippen molar-refractivity contribution in [3.63, 3.8) is 0 Å². The lowest BCUT2D eigenvalue weighted by atomic mass is 10.2. The fourth-order valence-corrected chi connectivity index (χ4v) is 1.20. The highest BCUT2D eigenvalue weighted by molar-refractivity contribution is 5.90. The van der Waals surface area contributed by atoms with E-state index in [2.05, 4.69) is 10.5 Å². The number of amides is 1. The van der Waals surface area contributed by atoms with Crippen LogP contribution in [0.1, 0.15) is 34.1 Å². The second-order valence-electron chi connectivity index (χ2n) is 4.48. The molecular weight excluding hydrogens is 196 g/mol. The molecule has 1 aliphatic heterocycles. The SMILES string of the molecule is CC1OCCC1=NNC(=O)OC(C)(C)C. The Morgan fingerprint density at radius 2 is 2.27 bits per heavy atom. The van der Waals surface area contributed by atoms with Crippen LogP contribution in [0, 0.1) is 0 Å². The molecule has 1 atom stereocenters. The molecule has 0 aromatic carbocycles. The third-order valence-electron chi connectivity index (χ3n) is 1.88. The predicted molar refractivity (Wildman–Crippen MR) is 56.8 cm³/mol. The Morgan fingerprint density at radius 3 is 2.73 bits per heavy atom. The molecule has 0 aromatic heterocycles. The molecule has 0 aromatic rings. The van der Waals surface area contributed by atoms with Gasteiger partial charge in [-0.2, -0.15) is 5.10 Å². The summed E-state index contributed by atoms with van der Waals surface area (Å²) in [5.74, 6) is 0. The zero-order valence-corrected chi connectivity index (χ0v) is 9.66. The molecule has 0 saturated carbocycles. The standard InChI is InChI=1S/C10H18N2O3/c1-7-8(5-6-14-7)11-12-9(13)15-10(2,3)4/h7H,5-6H2,1-4H3,(H,12,13). The molecule has 0 radical (unpaired) electrons. The zero-order valence-electron chi connectivity index (χ0n) is 9.66. The molecule has 5 heteroatoms. The first-order chi connectivity index (χ1) is 6.88. The van der Waals surface area contributed by atoms with Crippen molar-refractivity contribution in [2.45, 2.75) is 45.8 Å². The molecule has 1 saturated heterocycles. The van der Waals surface area contributed by atoms with Gasteiger partial charge in [0.05, 0.1) is 18.4 Å². The summed E-state index contributed by atoms with van der Waals surface area (Å²) < 4.78 is 10.3. The van der Waals surface area contributed by atoms with Crippen LogP contribution in [0.15, 0.2) is 5.10 Å². The Hall–Kier alpha value is -1.10. The quantitative estimate of drug-likeness (QED) is 0.675. The van der Waals surface area contributed by atoms with Crippen LogP contribution < -0.4 is 5.43 Å². The first-order valence-electron chi connectivity index (χ1n) is 5.05. The first-order valence-corrected chi connectivity index (χ1v) is 5.05. The molecule has 1 aliphatic rings. The van der Waals surface area contributed by atoms with Crippen LogP contribution in [0.25, 0.3) is 0 Å². The van der Waals surface area contributed by atoms with Crippen LogP contribution >= 0.6 is 0 Å². The molecule has 1 fully saturated rings. The molecule has 0 aliphatic carbocycles. The van der Waals surface area contributed by atoms with E-state index in [-0.39, 0.29) is 6.10 Å². The lowest BCUT2D eigenvalue weighted by molar-refractivity contribution is 0.0529. The van der Waals surface area contributed by atoms with E-state index in [0.717, 1.165) is 12.1 Å². The van der Waals surface area contributed by atoms with Gasteiger partial charge in [0.2, 0.25) is 0 Å². The Labute approximate surface area is 89.8 Å². The van der Waals surface area contributed by atoms with E-state index in [9.17, 15) is 4.79 Å². The highest BCUT2D eigenvalue weighted by atomic mass is 16.6. The van der Waals surface area contributed by atoms with E-state index in [1.807, 2.05) is 6.92 Å². The Kier molecular flexibility index (Phi) is 3.68. The molecule has 1 heterocycles. The number of nitrogens with zero attached hydrogens (tertiary/aromatic N) is 1. The summed E-state index contributed by atoms with van der Waals surface area (Å²) >= 11 is 0. The minimum atomic E-state index is -0.533. The van der Waals surface area contributed by atoms with E-state index in [1.165, 1.54) is 0 Å². The van der Waals surface area contributed by atoms with Crippen LogP contribution in [0.2, 0.25) is 0 Å². The van der Waals surface area contributed by atoms with E-state index in [0.29, 0.717) is 6.61 Å². The summed E-state index contributed by atoms with van der Waals surface area (Å²) in [6.07, 6.45) is 0.214. The Bertz CT molecular complexity index is 268. The van der Waals surface area contributed by atoms with E-state index in [1.54, 1.807) is 20.8 Å². The van der Waals surface area contributed by atoms with E-state index >= 15 is 0 Å². The van der Waals surface area contributed by atoms with Crippen LogP contribution in [-0.2, 0) is 9.47 Å². The Morgan fingerprint density at radius 1 is 1.60 bits per heavy atom. The van der Waals surface area contributed by atoms with Gasteiger partial charge >= 0.3 is 6.09 Å². The summed E-state index contributed by atoms with van der Waals surface area (Å²) in [6.45, 7) is 7.99. The van der Waals surface area contributed by atoms with Crippen LogP contribution in [-0.4, -0.2) is 30.1 Å². The fraction of sp³-hybridized carbons (Fsp3) is 0.800. The first kappa shape index (κ1) is 12.0. The van der Waals surface area contributed by atoms with Crippen molar-refractivity contribution in [2.75, 3.05) is 6.61 Å². The average molecular weight is 214 g/mol. The summed E-state index contributed by atoms with van der Waals surface area (Å²) in [4.78, 5) is 11.2. The number of nitrogens with one attached hydrogen (secondary N) is 1. The molecule has 1 rings (SSSR count). The van der Waals surface area contributed by atoms with Gasteiger partial charge in [-0.1, -0.05) is 0 Å². The van der Waals surface area contributed by atoms with Crippen molar-refractivity contribution in [1.82, 2.24) is 5.43 Å². The van der Waals surface area contributed by atoms with Gasteiger partial charge < -0.3 is 9.47 Å². The van der Waals surface area contributed by atoms with Gasteiger partial charge in [-0.15, -0.1) is 0 Å². The Balaban J connectivity index is 2.39. The molecule has 1 unspecified atom stereocenters. The summed E-state index contributed by atoms with van der Waals surface area (Å²) in [7, 11) is 0. The lowest BCUT2D eigenvalue weighted by Crippen LogP contribution is -2.31. The molecule has 15 heavy (non-hydrogen) atoms.